The quantitative estimate of drug-likeness (QED) is 0.338. The number of sulfonamides is 1. The Morgan fingerprint density at radius 1 is 1.12 bits per heavy atom. The van der Waals surface area contributed by atoms with E-state index in [9.17, 15) is 13.2 Å². The monoisotopic (exact) mass is 499 g/mol. The summed E-state index contributed by atoms with van der Waals surface area (Å²) < 4.78 is 38.2. The fraction of sp³-hybridized carbons (Fsp3) is 0.250. The van der Waals surface area contributed by atoms with E-state index in [1.54, 1.807) is 19.2 Å². The molecule has 0 spiro atoms. The van der Waals surface area contributed by atoms with Crippen LogP contribution in [0.5, 0.6) is 5.75 Å². The fourth-order valence-electron chi connectivity index (χ4n) is 3.54. The van der Waals surface area contributed by atoms with Crippen molar-refractivity contribution in [2.45, 2.75) is 25.7 Å². The van der Waals surface area contributed by atoms with Crippen molar-refractivity contribution in [2.24, 2.45) is 0 Å². The van der Waals surface area contributed by atoms with Crippen LogP contribution < -0.4 is 10.1 Å². The van der Waals surface area contributed by atoms with E-state index >= 15 is 0 Å². The van der Waals surface area contributed by atoms with Crippen LogP contribution in [0.15, 0.2) is 63.2 Å². The minimum atomic E-state index is -3.58. The van der Waals surface area contributed by atoms with Gasteiger partial charge in [0.1, 0.15) is 5.69 Å². The summed E-state index contributed by atoms with van der Waals surface area (Å²) in [5.41, 5.74) is 1.58. The number of furan rings is 1. The number of nitrogens with zero attached hydrogens (tertiary/aromatic N) is 2. The Hall–Kier alpha value is -3.21. The first kappa shape index (κ1) is 23.9. The van der Waals surface area contributed by atoms with Crippen molar-refractivity contribution in [3.8, 4) is 17.2 Å². The summed E-state index contributed by atoms with van der Waals surface area (Å²) in [6.45, 7) is 6.78. The number of nitrogens with one attached hydrogen (secondary N) is 1. The molecule has 1 N–H and O–H groups in total. The normalized spacial score (nSPS) is 11.8. The van der Waals surface area contributed by atoms with E-state index in [-0.39, 0.29) is 10.8 Å². The molecule has 0 aliphatic carbocycles. The molecule has 0 atom stereocenters. The Balaban J connectivity index is 1.50. The van der Waals surface area contributed by atoms with Gasteiger partial charge in [0.2, 0.25) is 10.0 Å². The van der Waals surface area contributed by atoms with Gasteiger partial charge in [0.25, 0.3) is 5.91 Å². The number of anilines is 1. The molecule has 1 amide bonds. The SMILES string of the molecule is CCOc1cccc2cc(-c3csc(NC(=O)c4ccc(S(=O)(=O)N(CC)CC)cc4)n3)oc12. The van der Waals surface area contributed by atoms with Gasteiger partial charge in [-0.25, -0.2) is 13.4 Å². The number of hydrogen-bond acceptors (Lipinski definition) is 7. The van der Waals surface area contributed by atoms with Gasteiger partial charge in [0.05, 0.1) is 11.5 Å². The summed E-state index contributed by atoms with van der Waals surface area (Å²) in [6.07, 6.45) is 0. The summed E-state index contributed by atoms with van der Waals surface area (Å²) in [5.74, 6) is 0.863. The van der Waals surface area contributed by atoms with Crippen molar-refractivity contribution in [2.75, 3.05) is 25.0 Å². The van der Waals surface area contributed by atoms with E-state index < -0.39 is 10.0 Å². The zero-order chi connectivity index (χ0) is 24.3. The van der Waals surface area contributed by atoms with Crippen LogP contribution in [0, 0.1) is 0 Å². The number of rotatable bonds is 9. The molecule has 2 aromatic heterocycles. The topological polar surface area (TPSA) is 102 Å². The van der Waals surface area contributed by atoms with Crippen LogP contribution in [0.3, 0.4) is 0 Å². The smallest absolute Gasteiger partial charge is 0.257 e. The van der Waals surface area contributed by atoms with Crippen LogP contribution in [-0.2, 0) is 10.0 Å². The highest BCUT2D eigenvalue weighted by Crippen LogP contribution is 2.34. The van der Waals surface area contributed by atoms with Crippen LogP contribution in [0.2, 0.25) is 0 Å². The van der Waals surface area contributed by atoms with Gasteiger partial charge in [-0.3, -0.25) is 10.1 Å². The van der Waals surface area contributed by atoms with Crippen LogP contribution in [0.4, 0.5) is 5.13 Å². The summed E-state index contributed by atoms with van der Waals surface area (Å²) in [4.78, 5) is 17.3. The lowest BCUT2D eigenvalue weighted by atomic mass is 10.2. The molecule has 8 nitrogen and oxygen atoms in total. The Morgan fingerprint density at radius 2 is 1.85 bits per heavy atom. The summed E-state index contributed by atoms with van der Waals surface area (Å²) in [5, 5.41) is 5.87. The second kappa shape index (κ2) is 9.96. The minimum Gasteiger partial charge on any atom is -0.490 e. The predicted molar refractivity (Wildman–Crippen MR) is 133 cm³/mol. The Kier molecular flexibility index (Phi) is 7.01. The van der Waals surface area contributed by atoms with E-state index in [0.29, 0.717) is 53.2 Å². The maximum Gasteiger partial charge on any atom is 0.257 e. The highest BCUT2D eigenvalue weighted by molar-refractivity contribution is 7.89. The number of carbonyl (C=O) groups is 1. The molecule has 178 valence electrons. The molecule has 2 aromatic carbocycles. The fourth-order valence-corrected chi connectivity index (χ4v) is 5.69. The third-order valence-corrected chi connectivity index (χ3v) is 8.07. The molecule has 4 rings (SSSR count). The van der Waals surface area contributed by atoms with Crippen molar-refractivity contribution in [3.63, 3.8) is 0 Å². The third kappa shape index (κ3) is 4.70. The second-order valence-electron chi connectivity index (χ2n) is 7.32. The maximum absolute atomic E-state index is 12.7. The number of para-hydroxylation sites is 1. The minimum absolute atomic E-state index is 0.153. The van der Waals surface area contributed by atoms with Gasteiger partial charge >= 0.3 is 0 Å². The number of hydrogen-bond donors (Lipinski definition) is 1. The zero-order valence-electron chi connectivity index (χ0n) is 19.1. The number of carbonyl (C=O) groups excluding carboxylic acids is 1. The van der Waals surface area contributed by atoms with Crippen LogP contribution in [0.25, 0.3) is 22.4 Å². The highest BCUT2D eigenvalue weighted by atomic mass is 32.2. The first-order chi connectivity index (χ1) is 16.4. The molecular weight excluding hydrogens is 474 g/mol. The molecule has 34 heavy (non-hydrogen) atoms. The molecule has 0 bridgehead atoms. The molecule has 0 radical (unpaired) electrons. The van der Waals surface area contributed by atoms with Gasteiger partial charge in [0, 0.05) is 29.4 Å². The maximum atomic E-state index is 12.7. The lowest BCUT2D eigenvalue weighted by Gasteiger charge is -2.18. The van der Waals surface area contributed by atoms with Gasteiger partial charge in [0.15, 0.2) is 22.2 Å². The largest absolute Gasteiger partial charge is 0.490 e. The van der Waals surface area contributed by atoms with Crippen molar-refractivity contribution < 1.29 is 22.4 Å². The number of fused-ring (bicyclic) bond motifs is 1. The third-order valence-electron chi connectivity index (χ3n) is 5.24. The molecule has 0 aliphatic rings. The van der Waals surface area contributed by atoms with E-state index in [0.717, 1.165) is 5.39 Å². The van der Waals surface area contributed by atoms with Crippen molar-refractivity contribution in [3.05, 3.63) is 59.5 Å². The molecule has 0 fully saturated rings. The van der Waals surface area contributed by atoms with Gasteiger partial charge in [-0.2, -0.15) is 4.31 Å². The molecule has 0 aliphatic heterocycles. The molecule has 0 unspecified atom stereocenters. The number of thiazole rings is 1. The van der Waals surface area contributed by atoms with Gasteiger partial charge in [-0.1, -0.05) is 26.0 Å². The van der Waals surface area contributed by atoms with Crippen molar-refractivity contribution in [1.29, 1.82) is 0 Å². The first-order valence-electron chi connectivity index (χ1n) is 10.9. The van der Waals surface area contributed by atoms with Crippen LogP contribution >= 0.6 is 11.3 Å². The van der Waals surface area contributed by atoms with E-state index in [1.165, 1.54) is 39.9 Å². The van der Waals surface area contributed by atoms with Crippen molar-refractivity contribution >= 4 is 43.4 Å². The number of benzene rings is 2. The van der Waals surface area contributed by atoms with E-state index in [1.807, 2.05) is 31.2 Å². The first-order valence-corrected chi connectivity index (χ1v) is 13.2. The van der Waals surface area contributed by atoms with E-state index in [2.05, 4.69) is 10.3 Å². The van der Waals surface area contributed by atoms with Gasteiger partial charge < -0.3 is 9.15 Å². The zero-order valence-corrected chi connectivity index (χ0v) is 20.7. The Morgan fingerprint density at radius 3 is 2.53 bits per heavy atom. The van der Waals surface area contributed by atoms with E-state index in [4.69, 9.17) is 9.15 Å². The second-order valence-corrected chi connectivity index (χ2v) is 10.1. The molecule has 10 heteroatoms. The van der Waals surface area contributed by atoms with Crippen LogP contribution in [0.1, 0.15) is 31.1 Å². The Bertz CT molecular complexity index is 1400. The van der Waals surface area contributed by atoms with Gasteiger partial charge in [-0.05, 0) is 43.3 Å². The molecule has 0 saturated heterocycles. The highest BCUT2D eigenvalue weighted by Gasteiger charge is 2.22. The molecule has 4 aromatic rings. The molecular formula is C24H25N3O5S2. The number of aromatic nitrogens is 1. The summed E-state index contributed by atoms with van der Waals surface area (Å²) >= 11 is 1.27. The molecule has 2 heterocycles. The molecule has 0 saturated carbocycles. The lowest BCUT2D eigenvalue weighted by Crippen LogP contribution is -2.30. The summed E-state index contributed by atoms with van der Waals surface area (Å²) in [6, 6.07) is 13.4. The number of ether oxygens (including phenoxy) is 1. The lowest BCUT2D eigenvalue weighted by molar-refractivity contribution is 0.102. The van der Waals surface area contributed by atoms with Crippen LogP contribution in [-0.4, -0.2) is 43.3 Å². The van der Waals surface area contributed by atoms with Gasteiger partial charge in [-0.15, -0.1) is 11.3 Å². The summed E-state index contributed by atoms with van der Waals surface area (Å²) in [7, 11) is -3.58. The van der Waals surface area contributed by atoms with Crippen molar-refractivity contribution in [1.82, 2.24) is 9.29 Å². The predicted octanol–water partition coefficient (Wildman–Crippen LogP) is 5.24. The average molecular weight is 500 g/mol. The Labute approximate surface area is 202 Å². The standard InChI is InChI=1S/C24H25N3O5S2/c1-4-27(5-2)34(29,30)18-12-10-16(11-13-18)23(28)26-24-25-19(15-33-24)21-14-17-8-7-9-20(31-6-3)22(17)32-21/h7-15H,4-6H2,1-3H3,(H,25,26,28). The average Bonchev–Trinajstić information content (AvgIpc) is 3.47. The number of amides is 1.